The molecule has 0 radical (unpaired) electrons. The minimum atomic E-state index is -3.26. The SMILES string of the molecule is CCOP(=O)(ONC)SCCOC(=O)C(C)(C)CCN1CCOCC1. The van der Waals surface area contributed by atoms with Gasteiger partial charge in [0.15, 0.2) is 0 Å². The van der Waals surface area contributed by atoms with Crippen LogP contribution in [0.15, 0.2) is 0 Å². The van der Waals surface area contributed by atoms with Crippen molar-refractivity contribution in [3.05, 3.63) is 0 Å². The van der Waals surface area contributed by atoms with E-state index in [1.54, 1.807) is 6.92 Å². The summed E-state index contributed by atoms with van der Waals surface area (Å²) in [5.41, 5.74) is 1.82. The van der Waals surface area contributed by atoms with Crippen LogP contribution in [0.4, 0.5) is 0 Å². The van der Waals surface area contributed by atoms with Crippen LogP contribution in [0.2, 0.25) is 0 Å². The lowest BCUT2D eigenvalue weighted by molar-refractivity contribution is -0.153. The molecule has 0 spiro atoms. The number of hydrogen-bond donors (Lipinski definition) is 1. The van der Waals surface area contributed by atoms with Gasteiger partial charge in [0.1, 0.15) is 6.61 Å². The number of morpholine rings is 1. The molecule has 0 aromatic carbocycles. The second kappa shape index (κ2) is 11.5. The molecule has 1 atom stereocenters. The molecule has 1 aliphatic heterocycles. The van der Waals surface area contributed by atoms with E-state index in [2.05, 4.69) is 10.4 Å². The first-order valence-electron chi connectivity index (χ1n) is 8.55. The third kappa shape index (κ3) is 8.86. The number of nitrogens with zero attached hydrogens (tertiary/aromatic N) is 1. The first kappa shape index (κ1) is 22.9. The maximum Gasteiger partial charge on any atom is 0.405 e. The molecule has 1 N–H and O–H groups in total. The van der Waals surface area contributed by atoms with Gasteiger partial charge in [0.2, 0.25) is 0 Å². The monoisotopic (exact) mass is 398 g/mol. The van der Waals surface area contributed by atoms with Crippen LogP contribution in [0.25, 0.3) is 0 Å². The third-order valence-corrected chi connectivity index (χ3v) is 7.45. The maximum absolute atomic E-state index is 12.3. The first-order chi connectivity index (χ1) is 11.8. The number of rotatable bonds is 12. The van der Waals surface area contributed by atoms with E-state index in [9.17, 15) is 9.36 Å². The van der Waals surface area contributed by atoms with E-state index >= 15 is 0 Å². The summed E-state index contributed by atoms with van der Waals surface area (Å²) < 4.78 is 33.0. The predicted octanol–water partition coefficient (Wildman–Crippen LogP) is 2.31. The van der Waals surface area contributed by atoms with Crippen molar-refractivity contribution in [2.24, 2.45) is 5.41 Å². The second-order valence-corrected chi connectivity index (χ2v) is 10.3. The summed E-state index contributed by atoms with van der Waals surface area (Å²) in [7, 11) is 1.52. The van der Waals surface area contributed by atoms with Crippen LogP contribution in [-0.2, 0) is 28.0 Å². The molecule has 0 aliphatic carbocycles. The second-order valence-electron chi connectivity index (χ2n) is 6.22. The zero-order valence-corrected chi connectivity index (χ0v) is 17.3. The zero-order valence-electron chi connectivity index (χ0n) is 15.6. The maximum atomic E-state index is 12.3. The van der Waals surface area contributed by atoms with Crippen molar-refractivity contribution in [3.63, 3.8) is 0 Å². The van der Waals surface area contributed by atoms with Gasteiger partial charge in [-0.15, -0.1) is 0 Å². The molecule has 0 saturated carbocycles. The highest BCUT2D eigenvalue weighted by Gasteiger charge is 2.31. The van der Waals surface area contributed by atoms with Crippen molar-refractivity contribution in [1.82, 2.24) is 10.4 Å². The van der Waals surface area contributed by atoms with E-state index in [0.717, 1.165) is 50.7 Å². The quantitative estimate of drug-likeness (QED) is 0.230. The molecule has 0 amide bonds. The van der Waals surface area contributed by atoms with Gasteiger partial charge in [-0.25, -0.2) is 9.19 Å². The summed E-state index contributed by atoms with van der Waals surface area (Å²) in [6.45, 7) is 6.84. The lowest BCUT2D eigenvalue weighted by Crippen LogP contribution is -2.39. The highest BCUT2D eigenvalue weighted by Crippen LogP contribution is 2.59. The normalized spacial score (nSPS) is 18.7. The smallest absolute Gasteiger partial charge is 0.405 e. The standard InChI is InChI=1S/C15H31N2O6PS/c1-5-22-24(19,23-16-4)25-13-12-21-14(18)15(2,3)6-7-17-8-10-20-11-9-17/h16H,5-13H2,1-4H3. The van der Waals surface area contributed by atoms with Crippen molar-refractivity contribution in [2.45, 2.75) is 27.2 Å². The Morgan fingerprint density at radius 2 is 2.04 bits per heavy atom. The third-order valence-electron chi connectivity index (χ3n) is 3.77. The van der Waals surface area contributed by atoms with Crippen molar-refractivity contribution >= 4 is 24.1 Å². The summed E-state index contributed by atoms with van der Waals surface area (Å²) in [5.74, 6) is 0.0895. The Bertz CT molecular complexity index is 436. The van der Waals surface area contributed by atoms with E-state index < -0.39 is 12.2 Å². The number of carbonyl (C=O) groups is 1. The van der Waals surface area contributed by atoms with Crippen molar-refractivity contribution in [3.8, 4) is 0 Å². The fourth-order valence-electron chi connectivity index (χ4n) is 2.20. The molecule has 25 heavy (non-hydrogen) atoms. The fraction of sp³-hybridized carbons (Fsp3) is 0.933. The number of carbonyl (C=O) groups excluding carboxylic acids is 1. The minimum absolute atomic E-state index is 0.161. The molecule has 148 valence electrons. The Labute approximate surface area is 154 Å². The average Bonchev–Trinajstić information content (AvgIpc) is 2.58. The summed E-state index contributed by atoms with van der Waals surface area (Å²) in [5, 5.41) is 0. The lowest BCUT2D eigenvalue weighted by atomic mass is 9.89. The Morgan fingerprint density at radius 1 is 1.36 bits per heavy atom. The van der Waals surface area contributed by atoms with E-state index in [4.69, 9.17) is 18.6 Å². The average molecular weight is 398 g/mol. The van der Waals surface area contributed by atoms with Gasteiger partial charge in [-0.05, 0) is 45.1 Å². The highest BCUT2D eigenvalue weighted by molar-refractivity contribution is 8.55. The van der Waals surface area contributed by atoms with Crippen LogP contribution in [0.5, 0.6) is 0 Å². The van der Waals surface area contributed by atoms with Crippen LogP contribution in [0.1, 0.15) is 27.2 Å². The molecule has 1 unspecified atom stereocenters. The molecule has 1 rings (SSSR count). The molecular weight excluding hydrogens is 367 g/mol. The van der Waals surface area contributed by atoms with Crippen molar-refractivity contribution < 1.29 is 28.0 Å². The Hall–Kier alpha value is -0.150. The van der Waals surface area contributed by atoms with Gasteiger partial charge < -0.3 is 14.0 Å². The summed E-state index contributed by atoms with van der Waals surface area (Å²) >= 11 is 1.01. The van der Waals surface area contributed by atoms with E-state index in [1.807, 2.05) is 13.8 Å². The Balaban J connectivity index is 2.30. The zero-order chi connectivity index (χ0) is 18.8. The van der Waals surface area contributed by atoms with Crippen LogP contribution < -0.4 is 5.48 Å². The summed E-state index contributed by atoms with van der Waals surface area (Å²) in [6.07, 6.45) is 0.722. The molecule has 0 bridgehead atoms. The van der Waals surface area contributed by atoms with Crippen molar-refractivity contribution in [2.75, 3.05) is 58.9 Å². The number of esters is 1. The van der Waals surface area contributed by atoms with Crippen LogP contribution in [0, 0.1) is 5.41 Å². The Morgan fingerprint density at radius 3 is 2.64 bits per heavy atom. The van der Waals surface area contributed by atoms with Gasteiger partial charge in [-0.2, -0.15) is 5.48 Å². The lowest BCUT2D eigenvalue weighted by Gasteiger charge is -2.30. The predicted molar refractivity (Wildman–Crippen MR) is 98.5 cm³/mol. The molecule has 1 aliphatic rings. The van der Waals surface area contributed by atoms with Gasteiger partial charge in [0, 0.05) is 25.9 Å². The largest absolute Gasteiger partial charge is 0.464 e. The summed E-state index contributed by atoms with van der Waals surface area (Å²) in [4.78, 5) is 14.6. The van der Waals surface area contributed by atoms with Gasteiger partial charge in [0.25, 0.3) is 0 Å². The minimum Gasteiger partial charge on any atom is -0.464 e. The van der Waals surface area contributed by atoms with Gasteiger partial charge in [0.05, 0.1) is 25.2 Å². The number of hydrogen-bond acceptors (Lipinski definition) is 9. The first-order valence-corrected chi connectivity index (χ1v) is 11.7. The van der Waals surface area contributed by atoms with Crippen LogP contribution in [0.3, 0.4) is 0 Å². The molecular formula is C15H31N2O6PS. The van der Waals surface area contributed by atoms with Gasteiger partial charge in [-0.1, -0.05) is 0 Å². The van der Waals surface area contributed by atoms with E-state index in [0.29, 0.717) is 5.75 Å². The number of hydroxylamine groups is 1. The fourth-order valence-corrected chi connectivity index (χ4v) is 5.12. The van der Waals surface area contributed by atoms with Gasteiger partial charge in [-0.3, -0.25) is 9.69 Å². The molecule has 10 heteroatoms. The van der Waals surface area contributed by atoms with Crippen LogP contribution >= 0.6 is 18.2 Å². The molecule has 8 nitrogen and oxygen atoms in total. The molecule has 0 aromatic rings. The van der Waals surface area contributed by atoms with Crippen molar-refractivity contribution in [1.29, 1.82) is 0 Å². The highest BCUT2D eigenvalue weighted by atomic mass is 32.7. The Kier molecular flexibility index (Phi) is 10.6. The van der Waals surface area contributed by atoms with E-state index in [-0.39, 0.29) is 19.2 Å². The molecule has 1 saturated heterocycles. The van der Waals surface area contributed by atoms with Gasteiger partial charge >= 0.3 is 12.8 Å². The molecule has 1 heterocycles. The summed E-state index contributed by atoms with van der Waals surface area (Å²) in [6, 6.07) is 0. The molecule has 0 aromatic heterocycles. The van der Waals surface area contributed by atoms with Crippen LogP contribution in [-0.4, -0.2) is 69.7 Å². The number of nitrogens with one attached hydrogen (secondary N) is 1. The van der Waals surface area contributed by atoms with E-state index in [1.165, 1.54) is 7.05 Å². The topological polar surface area (TPSA) is 86.3 Å². The number of ether oxygens (including phenoxy) is 2. The molecule has 1 fully saturated rings.